The maximum Gasteiger partial charge on any atom is 0.0558 e. The van der Waals surface area contributed by atoms with Crippen LogP contribution in [0.25, 0.3) is 0 Å². The van der Waals surface area contributed by atoms with Gasteiger partial charge in [0.1, 0.15) is 0 Å². The van der Waals surface area contributed by atoms with E-state index in [4.69, 9.17) is 10.2 Å². The second-order valence-corrected chi connectivity index (χ2v) is 4.41. The minimum atomic E-state index is 0.223. The molecule has 16 heavy (non-hydrogen) atoms. The first kappa shape index (κ1) is 15.9. The van der Waals surface area contributed by atoms with E-state index in [-0.39, 0.29) is 13.2 Å². The molecule has 0 atom stereocenters. The molecule has 0 bridgehead atoms. The fraction of sp³-hybridized carbons (Fsp3) is 1.00. The first-order chi connectivity index (χ1) is 7.85. The number of nitrogens with zero attached hydrogens (tertiary/aromatic N) is 1. The lowest BCUT2D eigenvalue weighted by Crippen LogP contribution is -2.29. The van der Waals surface area contributed by atoms with E-state index in [0.717, 1.165) is 26.1 Å². The number of hydrogen-bond acceptors (Lipinski definition) is 3. The van der Waals surface area contributed by atoms with Gasteiger partial charge in [0, 0.05) is 19.7 Å². The molecule has 0 aliphatic rings. The smallest absolute Gasteiger partial charge is 0.0558 e. The molecular weight excluding hydrogens is 202 g/mol. The molecule has 3 heteroatoms. The van der Waals surface area contributed by atoms with Gasteiger partial charge in [0.2, 0.25) is 0 Å². The number of aliphatic hydroxyl groups is 2. The summed E-state index contributed by atoms with van der Waals surface area (Å²) in [5.74, 6) is 0. The van der Waals surface area contributed by atoms with E-state index < -0.39 is 0 Å². The highest BCUT2D eigenvalue weighted by Gasteiger charge is 2.02. The highest BCUT2D eigenvalue weighted by atomic mass is 16.3. The van der Waals surface area contributed by atoms with Crippen molar-refractivity contribution >= 4 is 0 Å². The van der Waals surface area contributed by atoms with Crippen molar-refractivity contribution in [1.82, 2.24) is 4.90 Å². The predicted molar refractivity (Wildman–Crippen MR) is 68.6 cm³/mol. The molecule has 0 fully saturated rings. The zero-order valence-corrected chi connectivity index (χ0v) is 10.8. The van der Waals surface area contributed by atoms with Gasteiger partial charge in [0.15, 0.2) is 0 Å². The van der Waals surface area contributed by atoms with Crippen LogP contribution in [0.2, 0.25) is 0 Å². The molecule has 0 spiro atoms. The molecule has 3 nitrogen and oxygen atoms in total. The summed E-state index contributed by atoms with van der Waals surface area (Å²) in [7, 11) is 0. The van der Waals surface area contributed by atoms with Crippen molar-refractivity contribution in [2.24, 2.45) is 0 Å². The molecule has 0 radical (unpaired) electrons. The van der Waals surface area contributed by atoms with Crippen LogP contribution in [0.5, 0.6) is 0 Å². The molecule has 0 amide bonds. The minimum Gasteiger partial charge on any atom is -0.396 e. The molecule has 0 saturated carbocycles. The third kappa shape index (κ3) is 10.4. The SMILES string of the molecule is CCCCCCCCN(CCO)CCCO. The monoisotopic (exact) mass is 231 g/mol. The number of aliphatic hydroxyl groups excluding tert-OH is 2. The standard InChI is InChI=1S/C13H29NO2/c1-2-3-4-5-6-7-9-14(11-13-16)10-8-12-15/h15-16H,2-13H2,1H3. The Hall–Kier alpha value is -0.120. The van der Waals surface area contributed by atoms with Crippen LogP contribution in [-0.4, -0.2) is 48.0 Å². The third-order valence-corrected chi connectivity index (χ3v) is 2.88. The van der Waals surface area contributed by atoms with Crippen molar-refractivity contribution in [2.45, 2.75) is 51.9 Å². The Labute approximate surface area is 100 Å². The molecule has 0 aliphatic carbocycles. The van der Waals surface area contributed by atoms with Crippen molar-refractivity contribution in [2.75, 3.05) is 32.8 Å². The van der Waals surface area contributed by atoms with Gasteiger partial charge in [-0.1, -0.05) is 39.0 Å². The maximum atomic E-state index is 8.90. The van der Waals surface area contributed by atoms with Gasteiger partial charge in [0.05, 0.1) is 6.61 Å². The second kappa shape index (κ2) is 12.9. The summed E-state index contributed by atoms with van der Waals surface area (Å²) in [6.07, 6.45) is 8.66. The Morgan fingerprint density at radius 3 is 1.94 bits per heavy atom. The van der Waals surface area contributed by atoms with Gasteiger partial charge in [-0.25, -0.2) is 0 Å². The molecule has 0 saturated heterocycles. The Morgan fingerprint density at radius 1 is 0.688 bits per heavy atom. The van der Waals surface area contributed by atoms with Crippen molar-refractivity contribution in [3.63, 3.8) is 0 Å². The number of unbranched alkanes of at least 4 members (excludes halogenated alkanes) is 5. The van der Waals surface area contributed by atoms with Crippen molar-refractivity contribution in [3.8, 4) is 0 Å². The van der Waals surface area contributed by atoms with Crippen LogP contribution in [0, 0.1) is 0 Å². The van der Waals surface area contributed by atoms with Crippen LogP contribution in [0.1, 0.15) is 51.9 Å². The summed E-state index contributed by atoms with van der Waals surface area (Å²) in [6, 6.07) is 0. The normalized spacial score (nSPS) is 11.2. The molecule has 0 rings (SSSR count). The first-order valence-electron chi connectivity index (χ1n) is 6.79. The second-order valence-electron chi connectivity index (χ2n) is 4.41. The average molecular weight is 231 g/mol. The summed E-state index contributed by atoms with van der Waals surface area (Å²) in [5.41, 5.74) is 0. The lowest BCUT2D eigenvalue weighted by Gasteiger charge is -2.20. The van der Waals surface area contributed by atoms with Gasteiger partial charge in [0.25, 0.3) is 0 Å². The number of hydrogen-bond donors (Lipinski definition) is 2. The largest absolute Gasteiger partial charge is 0.396 e. The molecule has 0 aromatic heterocycles. The van der Waals surface area contributed by atoms with Crippen LogP contribution in [0.4, 0.5) is 0 Å². The van der Waals surface area contributed by atoms with Crippen LogP contribution < -0.4 is 0 Å². The molecule has 0 aromatic carbocycles. The average Bonchev–Trinajstić information content (AvgIpc) is 2.30. The van der Waals surface area contributed by atoms with Crippen LogP contribution in [0.3, 0.4) is 0 Å². The molecule has 0 aliphatic heterocycles. The Morgan fingerprint density at radius 2 is 1.31 bits per heavy atom. The maximum absolute atomic E-state index is 8.90. The van der Waals surface area contributed by atoms with Crippen LogP contribution in [0.15, 0.2) is 0 Å². The highest BCUT2D eigenvalue weighted by Crippen LogP contribution is 2.06. The summed E-state index contributed by atoms with van der Waals surface area (Å²) in [4.78, 5) is 2.25. The van der Waals surface area contributed by atoms with Gasteiger partial charge in [-0.3, -0.25) is 0 Å². The van der Waals surface area contributed by atoms with E-state index in [0.29, 0.717) is 0 Å². The molecule has 0 heterocycles. The Kier molecular flexibility index (Phi) is 12.9. The van der Waals surface area contributed by atoms with Crippen LogP contribution >= 0.6 is 0 Å². The highest BCUT2D eigenvalue weighted by molar-refractivity contribution is 4.57. The zero-order chi connectivity index (χ0) is 12.1. The van der Waals surface area contributed by atoms with E-state index in [9.17, 15) is 0 Å². The molecule has 2 N–H and O–H groups in total. The molecular formula is C13H29NO2. The lowest BCUT2D eigenvalue weighted by molar-refractivity contribution is 0.177. The van der Waals surface area contributed by atoms with Gasteiger partial charge in [-0.2, -0.15) is 0 Å². The van der Waals surface area contributed by atoms with Gasteiger partial charge in [-0.15, -0.1) is 0 Å². The third-order valence-electron chi connectivity index (χ3n) is 2.88. The predicted octanol–water partition coefficient (Wildman–Crippen LogP) is 2.02. The zero-order valence-electron chi connectivity index (χ0n) is 10.8. The Balaban J connectivity index is 3.36. The van der Waals surface area contributed by atoms with E-state index in [1.165, 1.54) is 38.5 Å². The quantitative estimate of drug-likeness (QED) is 0.505. The lowest BCUT2D eigenvalue weighted by atomic mass is 10.1. The van der Waals surface area contributed by atoms with E-state index in [1.807, 2.05) is 0 Å². The van der Waals surface area contributed by atoms with E-state index >= 15 is 0 Å². The van der Waals surface area contributed by atoms with Crippen molar-refractivity contribution in [3.05, 3.63) is 0 Å². The first-order valence-corrected chi connectivity index (χ1v) is 6.79. The summed E-state index contributed by atoms with van der Waals surface area (Å²) >= 11 is 0. The minimum absolute atomic E-state index is 0.223. The van der Waals surface area contributed by atoms with E-state index in [2.05, 4.69) is 11.8 Å². The fourth-order valence-corrected chi connectivity index (χ4v) is 1.89. The van der Waals surface area contributed by atoms with Crippen LogP contribution in [-0.2, 0) is 0 Å². The molecule has 0 aromatic rings. The molecule has 98 valence electrons. The van der Waals surface area contributed by atoms with Crippen molar-refractivity contribution < 1.29 is 10.2 Å². The number of rotatable bonds is 12. The fourth-order valence-electron chi connectivity index (χ4n) is 1.89. The summed E-state index contributed by atoms with van der Waals surface area (Å²) < 4.78 is 0. The summed E-state index contributed by atoms with van der Waals surface area (Å²) in [6.45, 7) is 5.42. The Bertz CT molecular complexity index is 131. The van der Waals surface area contributed by atoms with Gasteiger partial charge >= 0.3 is 0 Å². The van der Waals surface area contributed by atoms with Gasteiger partial charge < -0.3 is 15.1 Å². The van der Waals surface area contributed by atoms with E-state index in [1.54, 1.807) is 0 Å². The summed E-state index contributed by atoms with van der Waals surface area (Å²) in [5, 5.41) is 17.7. The van der Waals surface area contributed by atoms with Crippen molar-refractivity contribution in [1.29, 1.82) is 0 Å². The van der Waals surface area contributed by atoms with Gasteiger partial charge in [-0.05, 0) is 19.4 Å². The molecule has 0 unspecified atom stereocenters. The topological polar surface area (TPSA) is 43.7 Å².